The molecule has 0 aliphatic rings. The summed E-state index contributed by atoms with van der Waals surface area (Å²) in [6, 6.07) is 2.74. The summed E-state index contributed by atoms with van der Waals surface area (Å²) >= 11 is 4.72. The maximum Gasteiger partial charge on any atom is 0.242 e. The third-order valence-corrected chi connectivity index (χ3v) is 3.54. The van der Waals surface area contributed by atoms with Crippen molar-refractivity contribution in [1.82, 2.24) is 9.71 Å². The lowest BCUT2D eigenvalue weighted by Crippen LogP contribution is -2.30. The van der Waals surface area contributed by atoms with E-state index < -0.39 is 10.0 Å². The zero-order valence-corrected chi connectivity index (χ0v) is 10.6. The molecule has 16 heavy (non-hydrogen) atoms. The quantitative estimate of drug-likeness (QED) is 0.765. The number of aromatic nitrogens is 1. The van der Waals surface area contributed by atoms with E-state index in [1.165, 1.54) is 18.3 Å². The lowest BCUT2D eigenvalue weighted by molar-refractivity contribution is 0.569. The molecule has 0 atom stereocenters. The van der Waals surface area contributed by atoms with Gasteiger partial charge in [-0.25, -0.2) is 13.1 Å². The molecule has 1 aromatic heterocycles. The Balaban J connectivity index is 3.02. The van der Waals surface area contributed by atoms with E-state index in [2.05, 4.69) is 9.71 Å². The molecule has 88 valence electrons. The van der Waals surface area contributed by atoms with Crippen LogP contribution in [0, 0.1) is 0 Å². The Hall–Kier alpha value is -1.05. The van der Waals surface area contributed by atoms with Crippen molar-refractivity contribution in [2.45, 2.75) is 24.8 Å². The fourth-order valence-electron chi connectivity index (χ4n) is 1.06. The first-order chi connectivity index (χ1) is 7.33. The Labute approximate surface area is 100 Å². The van der Waals surface area contributed by atoms with Gasteiger partial charge in [0, 0.05) is 12.2 Å². The van der Waals surface area contributed by atoms with Crippen molar-refractivity contribution < 1.29 is 8.42 Å². The lowest BCUT2D eigenvalue weighted by Gasteiger charge is -2.09. The van der Waals surface area contributed by atoms with Crippen LogP contribution in [0.15, 0.2) is 23.2 Å². The molecule has 1 rings (SSSR count). The summed E-state index contributed by atoms with van der Waals surface area (Å²) < 4.78 is 25.9. The summed E-state index contributed by atoms with van der Waals surface area (Å²) in [5, 5.41) is 0. The van der Waals surface area contributed by atoms with Gasteiger partial charge in [-0.1, -0.05) is 12.2 Å². The maximum absolute atomic E-state index is 11.7. The van der Waals surface area contributed by atoms with E-state index >= 15 is 0 Å². The Bertz CT molecular complexity index is 480. The van der Waals surface area contributed by atoms with Gasteiger partial charge < -0.3 is 5.73 Å². The molecule has 1 heterocycles. The van der Waals surface area contributed by atoms with E-state index in [-0.39, 0.29) is 15.9 Å². The molecule has 0 saturated carbocycles. The van der Waals surface area contributed by atoms with Crippen molar-refractivity contribution in [2.75, 3.05) is 0 Å². The molecule has 0 radical (unpaired) electrons. The van der Waals surface area contributed by atoms with Gasteiger partial charge in [-0.05, 0) is 26.0 Å². The highest BCUT2D eigenvalue weighted by Gasteiger charge is 2.15. The Morgan fingerprint density at radius 2 is 2.12 bits per heavy atom. The predicted molar refractivity (Wildman–Crippen MR) is 65.6 cm³/mol. The maximum atomic E-state index is 11.7. The summed E-state index contributed by atoms with van der Waals surface area (Å²) in [6.07, 6.45) is 1.24. The molecule has 0 fully saturated rings. The van der Waals surface area contributed by atoms with E-state index in [1.54, 1.807) is 13.8 Å². The van der Waals surface area contributed by atoms with Crippen LogP contribution in [0.3, 0.4) is 0 Å². The predicted octanol–water partition coefficient (Wildman–Crippen LogP) is 0.403. The van der Waals surface area contributed by atoms with Crippen LogP contribution < -0.4 is 10.5 Å². The molecule has 7 heteroatoms. The second-order valence-electron chi connectivity index (χ2n) is 3.52. The van der Waals surface area contributed by atoms with Gasteiger partial charge in [-0.3, -0.25) is 4.98 Å². The van der Waals surface area contributed by atoms with Crippen LogP contribution in [-0.2, 0) is 10.0 Å². The summed E-state index contributed by atoms with van der Waals surface area (Å²) in [7, 11) is -3.50. The third-order valence-electron chi connectivity index (χ3n) is 1.69. The molecule has 0 bridgehead atoms. The van der Waals surface area contributed by atoms with Crippen LogP contribution in [0.2, 0.25) is 0 Å². The first-order valence-corrected chi connectivity index (χ1v) is 6.50. The van der Waals surface area contributed by atoms with Gasteiger partial charge in [0.25, 0.3) is 0 Å². The summed E-state index contributed by atoms with van der Waals surface area (Å²) in [5.74, 6) is 0. The SMILES string of the molecule is CC(C)NS(=O)(=O)c1ccc(C(N)=S)nc1. The highest BCUT2D eigenvalue weighted by atomic mass is 32.2. The Morgan fingerprint density at radius 1 is 1.50 bits per heavy atom. The van der Waals surface area contributed by atoms with Crippen LogP contribution in [0.4, 0.5) is 0 Å². The first kappa shape index (κ1) is 13.0. The Morgan fingerprint density at radius 3 is 2.50 bits per heavy atom. The number of thiocarbonyl (C=S) groups is 1. The molecule has 5 nitrogen and oxygen atoms in total. The summed E-state index contributed by atoms with van der Waals surface area (Å²) in [6.45, 7) is 3.49. The second-order valence-corrected chi connectivity index (χ2v) is 5.67. The number of sulfonamides is 1. The largest absolute Gasteiger partial charge is 0.388 e. The van der Waals surface area contributed by atoms with Crippen molar-refractivity contribution >= 4 is 27.2 Å². The molecular weight excluding hydrogens is 246 g/mol. The summed E-state index contributed by atoms with van der Waals surface area (Å²) in [4.78, 5) is 4.10. The molecule has 3 N–H and O–H groups in total. The van der Waals surface area contributed by atoms with E-state index in [0.29, 0.717) is 5.69 Å². The van der Waals surface area contributed by atoms with E-state index in [4.69, 9.17) is 18.0 Å². The van der Waals surface area contributed by atoms with Crippen molar-refractivity contribution in [1.29, 1.82) is 0 Å². The third kappa shape index (κ3) is 3.22. The molecule has 1 aromatic rings. The molecule has 0 saturated heterocycles. The number of nitrogens with zero attached hydrogens (tertiary/aromatic N) is 1. The van der Waals surface area contributed by atoms with Crippen LogP contribution in [0.5, 0.6) is 0 Å². The molecule has 0 aromatic carbocycles. The van der Waals surface area contributed by atoms with Crippen molar-refractivity contribution in [3.05, 3.63) is 24.0 Å². The van der Waals surface area contributed by atoms with E-state index in [9.17, 15) is 8.42 Å². The molecule has 0 spiro atoms. The number of nitrogens with two attached hydrogens (primary N) is 1. The fourth-order valence-corrected chi connectivity index (χ4v) is 2.38. The lowest BCUT2D eigenvalue weighted by atomic mass is 10.3. The van der Waals surface area contributed by atoms with Gasteiger partial charge in [-0.15, -0.1) is 0 Å². The second kappa shape index (κ2) is 4.86. The minimum atomic E-state index is -3.50. The normalized spacial score (nSPS) is 11.7. The van der Waals surface area contributed by atoms with E-state index in [1.807, 2.05) is 0 Å². The first-order valence-electron chi connectivity index (χ1n) is 4.61. The zero-order chi connectivity index (χ0) is 12.3. The standard InChI is InChI=1S/C9H13N3O2S2/c1-6(2)12-16(13,14)7-3-4-8(9(10)15)11-5-7/h3-6,12H,1-2H3,(H2,10,15). The summed E-state index contributed by atoms with van der Waals surface area (Å²) in [5.41, 5.74) is 5.76. The van der Waals surface area contributed by atoms with Crippen molar-refractivity contribution in [3.8, 4) is 0 Å². The van der Waals surface area contributed by atoms with Crippen LogP contribution in [0.1, 0.15) is 19.5 Å². The zero-order valence-electron chi connectivity index (χ0n) is 8.97. The number of hydrogen-bond acceptors (Lipinski definition) is 4. The average molecular weight is 259 g/mol. The number of nitrogens with one attached hydrogen (secondary N) is 1. The molecular formula is C9H13N3O2S2. The highest BCUT2D eigenvalue weighted by Crippen LogP contribution is 2.08. The van der Waals surface area contributed by atoms with Crippen LogP contribution >= 0.6 is 12.2 Å². The van der Waals surface area contributed by atoms with Gasteiger partial charge >= 0.3 is 0 Å². The van der Waals surface area contributed by atoms with Gasteiger partial charge in [0.1, 0.15) is 9.88 Å². The number of pyridine rings is 1. The fraction of sp³-hybridized carbons (Fsp3) is 0.333. The van der Waals surface area contributed by atoms with Gasteiger partial charge in [0.15, 0.2) is 0 Å². The highest BCUT2D eigenvalue weighted by molar-refractivity contribution is 7.89. The molecule has 0 aliphatic heterocycles. The van der Waals surface area contributed by atoms with Crippen molar-refractivity contribution in [2.24, 2.45) is 5.73 Å². The van der Waals surface area contributed by atoms with Gasteiger partial charge in [-0.2, -0.15) is 0 Å². The smallest absolute Gasteiger partial charge is 0.242 e. The molecule has 0 amide bonds. The van der Waals surface area contributed by atoms with E-state index in [0.717, 1.165) is 0 Å². The molecule has 0 unspecified atom stereocenters. The topological polar surface area (TPSA) is 85.1 Å². The van der Waals surface area contributed by atoms with Crippen LogP contribution in [0.25, 0.3) is 0 Å². The number of hydrogen-bond donors (Lipinski definition) is 2. The van der Waals surface area contributed by atoms with Crippen molar-refractivity contribution in [3.63, 3.8) is 0 Å². The minimum Gasteiger partial charge on any atom is -0.388 e. The van der Waals surface area contributed by atoms with Gasteiger partial charge in [0.2, 0.25) is 10.0 Å². The Kier molecular flexibility index (Phi) is 3.95. The van der Waals surface area contributed by atoms with Crippen LogP contribution in [-0.4, -0.2) is 24.4 Å². The molecule has 0 aliphatic carbocycles. The van der Waals surface area contributed by atoms with Gasteiger partial charge in [0.05, 0.1) is 5.69 Å². The average Bonchev–Trinajstić information content (AvgIpc) is 2.16. The number of rotatable bonds is 4. The minimum absolute atomic E-state index is 0.0983. The monoisotopic (exact) mass is 259 g/mol.